The molecule has 1 rings (SSSR count). The molecule has 0 unspecified atom stereocenters. The van der Waals surface area contributed by atoms with Crippen molar-refractivity contribution >= 4 is 18.8 Å². The number of thiol groups is 1. The molecule has 1 heterocycles. The molecule has 2 N–H and O–H groups in total. The van der Waals surface area contributed by atoms with Crippen LogP contribution in [0.2, 0.25) is 0 Å². The van der Waals surface area contributed by atoms with Gasteiger partial charge in [0.05, 0.1) is 0 Å². The number of nitrogens with one attached hydrogen (secondary N) is 2. The average molecular weight is 131 g/mol. The van der Waals surface area contributed by atoms with Crippen LogP contribution in [0, 0.1) is 0 Å². The molecule has 46 valence electrons. The van der Waals surface area contributed by atoms with Crippen LogP contribution in [0.15, 0.2) is 4.99 Å². The molecule has 0 saturated heterocycles. The van der Waals surface area contributed by atoms with Gasteiger partial charge in [-0.25, -0.2) is 0 Å². The van der Waals surface area contributed by atoms with Gasteiger partial charge < -0.3 is 10.0 Å². The van der Waals surface area contributed by atoms with Crippen molar-refractivity contribution in [1.82, 2.24) is 10.0 Å². The summed E-state index contributed by atoms with van der Waals surface area (Å²) >= 11 is 3.82. The second-order valence-electron chi connectivity index (χ2n) is 1.62. The standard InChI is InChI=1S/C4H9N3S/c8-7-4-5-2-1-3-6-4/h8H,1-3H2,(H2,5,6,7). The third-order valence-corrected chi connectivity index (χ3v) is 1.21. The summed E-state index contributed by atoms with van der Waals surface area (Å²) in [5.41, 5.74) is 0. The van der Waals surface area contributed by atoms with Crippen molar-refractivity contribution in [1.29, 1.82) is 0 Å². The molecule has 1 aliphatic heterocycles. The van der Waals surface area contributed by atoms with Crippen molar-refractivity contribution in [3.05, 3.63) is 0 Å². The van der Waals surface area contributed by atoms with E-state index in [1.807, 2.05) is 0 Å². The maximum Gasteiger partial charge on any atom is 0.201 e. The van der Waals surface area contributed by atoms with Crippen molar-refractivity contribution in [2.45, 2.75) is 6.42 Å². The van der Waals surface area contributed by atoms with Gasteiger partial charge in [0.25, 0.3) is 0 Å². The molecule has 4 heteroatoms. The largest absolute Gasteiger partial charge is 0.356 e. The first-order valence-corrected chi connectivity index (χ1v) is 3.06. The minimum atomic E-state index is 0.791. The predicted octanol–water partition coefficient (Wildman–Crippen LogP) is -0.230. The molecule has 0 aromatic rings. The van der Waals surface area contributed by atoms with Crippen LogP contribution in [0.3, 0.4) is 0 Å². The van der Waals surface area contributed by atoms with Crippen molar-refractivity contribution in [3.8, 4) is 0 Å². The highest BCUT2D eigenvalue weighted by Crippen LogP contribution is 1.86. The van der Waals surface area contributed by atoms with Crippen LogP contribution < -0.4 is 10.0 Å². The van der Waals surface area contributed by atoms with Gasteiger partial charge in [0, 0.05) is 13.1 Å². The molecule has 0 aromatic carbocycles. The smallest absolute Gasteiger partial charge is 0.201 e. The molecule has 0 aliphatic carbocycles. The first-order chi connectivity index (χ1) is 3.93. The summed E-state index contributed by atoms with van der Waals surface area (Å²) in [5, 5.41) is 3.03. The van der Waals surface area contributed by atoms with Gasteiger partial charge in [-0.15, -0.1) is 0 Å². The highest BCUT2D eigenvalue weighted by atomic mass is 32.1. The second kappa shape index (κ2) is 2.81. The number of hydrogen-bond donors (Lipinski definition) is 3. The topological polar surface area (TPSA) is 36.4 Å². The zero-order valence-electron chi connectivity index (χ0n) is 4.52. The van der Waals surface area contributed by atoms with Crippen molar-refractivity contribution < 1.29 is 0 Å². The molecule has 0 spiro atoms. The van der Waals surface area contributed by atoms with E-state index in [1.54, 1.807) is 0 Å². The zero-order valence-corrected chi connectivity index (χ0v) is 5.41. The molecular weight excluding hydrogens is 122 g/mol. The normalized spacial score (nSPS) is 18.9. The van der Waals surface area contributed by atoms with Crippen LogP contribution in [-0.2, 0) is 0 Å². The van der Waals surface area contributed by atoms with Crippen LogP contribution in [0.4, 0.5) is 0 Å². The van der Waals surface area contributed by atoms with E-state index in [0.29, 0.717) is 0 Å². The zero-order chi connectivity index (χ0) is 5.82. The fraction of sp³-hybridized carbons (Fsp3) is 0.750. The first kappa shape index (κ1) is 5.75. The Morgan fingerprint density at radius 1 is 1.75 bits per heavy atom. The van der Waals surface area contributed by atoms with E-state index < -0.39 is 0 Å². The lowest BCUT2D eigenvalue weighted by atomic mass is 10.4. The van der Waals surface area contributed by atoms with Crippen molar-refractivity contribution in [3.63, 3.8) is 0 Å². The maximum atomic E-state index is 4.07. The van der Waals surface area contributed by atoms with E-state index in [2.05, 4.69) is 27.8 Å². The molecule has 3 nitrogen and oxygen atoms in total. The lowest BCUT2D eigenvalue weighted by Crippen LogP contribution is -2.36. The minimum Gasteiger partial charge on any atom is -0.356 e. The summed E-state index contributed by atoms with van der Waals surface area (Å²) in [6.45, 7) is 1.92. The molecule has 0 saturated carbocycles. The number of hydrogen-bond acceptors (Lipinski definition) is 4. The van der Waals surface area contributed by atoms with E-state index in [1.165, 1.54) is 0 Å². The van der Waals surface area contributed by atoms with E-state index in [4.69, 9.17) is 0 Å². The molecule has 0 fully saturated rings. The summed E-state index contributed by atoms with van der Waals surface area (Å²) < 4.78 is 2.64. The van der Waals surface area contributed by atoms with E-state index in [-0.39, 0.29) is 0 Å². The SMILES string of the molecule is SNC1=NCCCN1. The van der Waals surface area contributed by atoms with E-state index in [9.17, 15) is 0 Å². The Morgan fingerprint density at radius 3 is 3.00 bits per heavy atom. The molecule has 8 heavy (non-hydrogen) atoms. The summed E-state index contributed by atoms with van der Waals surface area (Å²) in [6.07, 6.45) is 1.12. The maximum absolute atomic E-state index is 4.07. The van der Waals surface area contributed by atoms with Gasteiger partial charge >= 0.3 is 0 Å². The second-order valence-corrected chi connectivity index (χ2v) is 1.85. The van der Waals surface area contributed by atoms with Gasteiger partial charge in [-0.05, 0) is 6.42 Å². The Bertz CT molecular complexity index is 101. The van der Waals surface area contributed by atoms with Gasteiger partial charge in [0.2, 0.25) is 5.96 Å². The number of aliphatic imine (C=N–C) groups is 1. The Hall–Kier alpha value is -0.380. The summed E-state index contributed by atoms with van der Waals surface area (Å²) in [5.74, 6) is 0.791. The van der Waals surface area contributed by atoms with Crippen LogP contribution in [0.25, 0.3) is 0 Å². The average Bonchev–Trinajstić information content (AvgIpc) is 1.90. The van der Waals surface area contributed by atoms with E-state index in [0.717, 1.165) is 25.5 Å². The number of nitrogens with zero attached hydrogens (tertiary/aromatic N) is 1. The summed E-state index contributed by atoms with van der Waals surface area (Å²) in [4.78, 5) is 4.07. The van der Waals surface area contributed by atoms with Crippen LogP contribution in [0.5, 0.6) is 0 Å². The number of guanidine groups is 1. The van der Waals surface area contributed by atoms with Crippen molar-refractivity contribution in [2.75, 3.05) is 13.1 Å². The number of rotatable bonds is 0. The molecule has 0 amide bonds. The first-order valence-electron chi connectivity index (χ1n) is 2.62. The Kier molecular flexibility index (Phi) is 2.02. The summed E-state index contributed by atoms with van der Waals surface area (Å²) in [6, 6.07) is 0. The van der Waals surface area contributed by atoms with Crippen molar-refractivity contribution in [2.24, 2.45) is 4.99 Å². The Morgan fingerprint density at radius 2 is 2.62 bits per heavy atom. The fourth-order valence-corrected chi connectivity index (χ4v) is 0.757. The minimum absolute atomic E-state index is 0.791. The summed E-state index contributed by atoms with van der Waals surface area (Å²) in [7, 11) is 0. The van der Waals surface area contributed by atoms with Gasteiger partial charge in [-0.1, -0.05) is 12.8 Å². The van der Waals surface area contributed by atoms with Gasteiger partial charge in [-0.2, -0.15) is 0 Å². The highest BCUT2D eigenvalue weighted by molar-refractivity contribution is 7.78. The van der Waals surface area contributed by atoms with E-state index >= 15 is 0 Å². The predicted molar refractivity (Wildman–Crippen MR) is 37.0 cm³/mol. The molecule has 0 atom stereocenters. The Balaban J connectivity index is 2.37. The third kappa shape index (κ3) is 1.30. The van der Waals surface area contributed by atoms with Gasteiger partial charge in [-0.3, -0.25) is 4.99 Å². The molecule has 1 aliphatic rings. The lowest BCUT2D eigenvalue weighted by molar-refractivity contribution is 0.731. The molecule has 0 bridgehead atoms. The molecule has 0 aromatic heterocycles. The van der Waals surface area contributed by atoms with Crippen LogP contribution in [0.1, 0.15) is 6.42 Å². The van der Waals surface area contributed by atoms with Gasteiger partial charge in [0.1, 0.15) is 0 Å². The molecular formula is C4H9N3S. The van der Waals surface area contributed by atoms with Gasteiger partial charge in [0.15, 0.2) is 0 Å². The fourth-order valence-electron chi connectivity index (χ4n) is 0.607. The lowest BCUT2D eigenvalue weighted by Gasteiger charge is -2.11. The highest BCUT2D eigenvalue weighted by Gasteiger charge is 1.98. The van der Waals surface area contributed by atoms with Crippen LogP contribution >= 0.6 is 12.8 Å². The Labute approximate surface area is 54.1 Å². The monoisotopic (exact) mass is 131 g/mol. The quantitative estimate of drug-likeness (QED) is 0.397. The third-order valence-electron chi connectivity index (χ3n) is 1.00. The van der Waals surface area contributed by atoms with Crippen LogP contribution in [-0.4, -0.2) is 19.0 Å². The molecule has 0 radical (unpaired) electrons.